The van der Waals surface area contributed by atoms with Crippen molar-refractivity contribution in [2.45, 2.75) is 26.8 Å². The lowest BCUT2D eigenvalue weighted by atomic mass is 10.1. The number of quaternary nitrogens is 1. The molecule has 0 heterocycles. The molecule has 0 aliphatic rings. The van der Waals surface area contributed by atoms with Crippen LogP contribution >= 0.6 is 11.6 Å². The van der Waals surface area contributed by atoms with Gasteiger partial charge in [-0.15, -0.1) is 0 Å². The Morgan fingerprint density at radius 3 is 2.67 bits per heavy atom. The molecular weight excluding hydrogens is 320 g/mol. The highest BCUT2D eigenvalue weighted by Gasteiger charge is 2.11. The fourth-order valence-electron chi connectivity index (χ4n) is 2.81. The number of nitrogens with one attached hydrogen (secondary N) is 2. The Balaban J connectivity index is 1.75. The number of benzene rings is 2. The zero-order valence-corrected chi connectivity index (χ0v) is 15.4. The third kappa shape index (κ3) is 5.99. The van der Waals surface area contributed by atoms with E-state index in [1.54, 1.807) is 0 Å². The number of rotatable bonds is 7. The summed E-state index contributed by atoms with van der Waals surface area (Å²) in [5.41, 5.74) is 4.99. The molecule has 1 unspecified atom stereocenters. The summed E-state index contributed by atoms with van der Waals surface area (Å²) in [6, 6.07) is 14.2. The van der Waals surface area contributed by atoms with E-state index in [1.807, 2.05) is 24.3 Å². The molecule has 0 saturated heterocycles. The molecule has 4 heteroatoms. The second kappa shape index (κ2) is 8.86. The Morgan fingerprint density at radius 2 is 1.96 bits per heavy atom. The van der Waals surface area contributed by atoms with E-state index in [0.29, 0.717) is 13.1 Å². The minimum Gasteiger partial charge on any atom is -0.351 e. The van der Waals surface area contributed by atoms with Crippen molar-refractivity contribution in [1.82, 2.24) is 5.32 Å². The fourth-order valence-corrected chi connectivity index (χ4v) is 3.02. The zero-order chi connectivity index (χ0) is 17.5. The Bertz CT molecular complexity index is 700. The predicted octanol–water partition coefficient (Wildman–Crippen LogP) is 2.33. The van der Waals surface area contributed by atoms with Gasteiger partial charge in [-0.1, -0.05) is 47.5 Å². The molecule has 1 atom stereocenters. The van der Waals surface area contributed by atoms with Crippen LogP contribution in [0.5, 0.6) is 0 Å². The predicted molar refractivity (Wildman–Crippen MR) is 99.5 cm³/mol. The summed E-state index contributed by atoms with van der Waals surface area (Å²) in [6.07, 6.45) is 0.794. The van der Waals surface area contributed by atoms with Crippen LogP contribution in [0.25, 0.3) is 0 Å². The van der Waals surface area contributed by atoms with Gasteiger partial charge in [0.25, 0.3) is 5.91 Å². The largest absolute Gasteiger partial charge is 0.351 e. The van der Waals surface area contributed by atoms with Crippen LogP contribution in [0, 0.1) is 13.8 Å². The van der Waals surface area contributed by atoms with Crippen molar-refractivity contribution >= 4 is 17.5 Å². The number of likely N-dealkylation sites (N-methyl/N-ethyl adjacent to an activating group) is 1. The van der Waals surface area contributed by atoms with Gasteiger partial charge in [0.15, 0.2) is 6.54 Å². The van der Waals surface area contributed by atoms with E-state index in [-0.39, 0.29) is 5.91 Å². The molecule has 2 aromatic rings. The molecule has 2 N–H and O–H groups in total. The average Bonchev–Trinajstić information content (AvgIpc) is 2.50. The van der Waals surface area contributed by atoms with Gasteiger partial charge >= 0.3 is 0 Å². The molecule has 0 saturated carbocycles. The molecule has 0 bridgehead atoms. The van der Waals surface area contributed by atoms with Gasteiger partial charge in [0, 0.05) is 17.1 Å². The van der Waals surface area contributed by atoms with Crippen LogP contribution in [0.2, 0.25) is 5.02 Å². The van der Waals surface area contributed by atoms with E-state index >= 15 is 0 Å². The van der Waals surface area contributed by atoms with Gasteiger partial charge < -0.3 is 10.2 Å². The molecule has 0 radical (unpaired) electrons. The lowest BCUT2D eigenvalue weighted by Gasteiger charge is -2.15. The summed E-state index contributed by atoms with van der Waals surface area (Å²) >= 11 is 5.96. The number of carbonyl (C=O) groups excluding carboxylic acids is 1. The number of carbonyl (C=O) groups is 1. The minimum absolute atomic E-state index is 0.0827. The van der Waals surface area contributed by atoms with Gasteiger partial charge in [0.1, 0.15) is 6.54 Å². The molecule has 3 nitrogen and oxygen atoms in total. The van der Waals surface area contributed by atoms with Crippen LogP contribution in [0.1, 0.15) is 22.3 Å². The monoisotopic (exact) mass is 345 g/mol. The number of hydrogen-bond acceptors (Lipinski definition) is 1. The highest BCUT2D eigenvalue weighted by Crippen LogP contribution is 2.10. The third-order valence-corrected chi connectivity index (χ3v) is 4.31. The van der Waals surface area contributed by atoms with E-state index in [2.05, 4.69) is 44.4 Å². The lowest BCUT2D eigenvalue weighted by Crippen LogP contribution is -3.09. The quantitative estimate of drug-likeness (QED) is 0.793. The van der Waals surface area contributed by atoms with Gasteiger partial charge in [-0.05, 0) is 43.5 Å². The molecule has 0 spiro atoms. The first-order valence-corrected chi connectivity index (χ1v) is 8.70. The number of aryl methyl sites for hydroxylation is 2. The van der Waals surface area contributed by atoms with Crippen molar-refractivity contribution < 1.29 is 9.69 Å². The number of halogens is 1. The molecule has 2 rings (SSSR count). The van der Waals surface area contributed by atoms with Crippen molar-refractivity contribution in [3.63, 3.8) is 0 Å². The molecular formula is C20H26ClN2O+. The Hall–Kier alpha value is -1.84. The zero-order valence-electron chi connectivity index (χ0n) is 14.7. The van der Waals surface area contributed by atoms with Gasteiger partial charge in [0.05, 0.1) is 7.05 Å². The van der Waals surface area contributed by atoms with Gasteiger partial charge in [-0.2, -0.15) is 0 Å². The van der Waals surface area contributed by atoms with Crippen molar-refractivity contribution in [1.29, 1.82) is 0 Å². The summed E-state index contributed by atoms with van der Waals surface area (Å²) in [4.78, 5) is 13.3. The summed E-state index contributed by atoms with van der Waals surface area (Å²) in [5.74, 6) is 0.0827. The normalized spacial score (nSPS) is 12.0. The van der Waals surface area contributed by atoms with E-state index < -0.39 is 0 Å². The standard InChI is InChI=1S/C20H25ClN2O/c1-15-7-8-18(16(2)11-15)13-23(3)14-20(24)22-10-9-17-5-4-6-19(21)12-17/h4-8,11-12H,9-10,13-14H2,1-3H3,(H,22,24)/p+1. The molecule has 1 amide bonds. The molecule has 24 heavy (non-hydrogen) atoms. The fraction of sp³-hybridized carbons (Fsp3) is 0.350. The SMILES string of the molecule is Cc1ccc(C[NH+](C)CC(=O)NCCc2cccc(Cl)c2)c(C)c1. The lowest BCUT2D eigenvalue weighted by molar-refractivity contribution is -0.885. The van der Waals surface area contributed by atoms with Crippen molar-refractivity contribution in [2.24, 2.45) is 0 Å². The van der Waals surface area contributed by atoms with Crippen molar-refractivity contribution in [3.8, 4) is 0 Å². The van der Waals surface area contributed by atoms with Gasteiger partial charge in [0.2, 0.25) is 0 Å². The second-order valence-corrected chi connectivity index (χ2v) is 6.91. The van der Waals surface area contributed by atoms with E-state index in [4.69, 9.17) is 11.6 Å². The maximum Gasteiger partial charge on any atom is 0.275 e. The Morgan fingerprint density at radius 1 is 1.17 bits per heavy atom. The maximum absolute atomic E-state index is 12.1. The molecule has 0 aliphatic carbocycles. The highest BCUT2D eigenvalue weighted by atomic mass is 35.5. The Labute approximate surface area is 149 Å². The first kappa shape index (κ1) is 18.5. The Kier molecular flexibility index (Phi) is 6.83. The van der Waals surface area contributed by atoms with E-state index in [0.717, 1.165) is 23.6 Å². The molecule has 0 aromatic heterocycles. The van der Waals surface area contributed by atoms with E-state index in [9.17, 15) is 4.79 Å². The third-order valence-electron chi connectivity index (χ3n) is 4.08. The summed E-state index contributed by atoms with van der Waals surface area (Å²) in [7, 11) is 2.05. The van der Waals surface area contributed by atoms with Crippen LogP contribution in [0.3, 0.4) is 0 Å². The van der Waals surface area contributed by atoms with Gasteiger partial charge in [-0.25, -0.2) is 0 Å². The maximum atomic E-state index is 12.1. The first-order chi connectivity index (χ1) is 11.4. The summed E-state index contributed by atoms with van der Waals surface area (Å²) in [5, 5.41) is 3.72. The minimum atomic E-state index is 0.0827. The van der Waals surface area contributed by atoms with Crippen LogP contribution in [-0.4, -0.2) is 26.0 Å². The van der Waals surface area contributed by atoms with Crippen molar-refractivity contribution in [3.05, 3.63) is 69.7 Å². The molecule has 128 valence electrons. The topological polar surface area (TPSA) is 33.5 Å². The molecule has 0 aliphatic heterocycles. The summed E-state index contributed by atoms with van der Waals surface area (Å²) < 4.78 is 0. The van der Waals surface area contributed by atoms with Crippen LogP contribution in [0.15, 0.2) is 42.5 Å². The first-order valence-electron chi connectivity index (χ1n) is 8.32. The van der Waals surface area contributed by atoms with Gasteiger partial charge in [-0.3, -0.25) is 4.79 Å². The second-order valence-electron chi connectivity index (χ2n) is 6.47. The van der Waals surface area contributed by atoms with E-state index in [1.165, 1.54) is 21.6 Å². The average molecular weight is 346 g/mol. The highest BCUT2D eigenvalue weighted by molar-refractivity contribution is 6.30. The summed E-state index contributed by atoms with van der Waals surface area (Å²) in [6.45, 7) is 6.19. The number of amides is 1. The van der Waals surface area contributed by atoms with Crippen LogP contribution in [0.4, 0.5) is 0 Å². The van der Waals surface area contributed by atoms with Crippen molar-refractivity contribution in [2.75, 3.05) is 20.1 Å². The van der Waals surface area contributed by atoms with Crippen LogP contribution < -0.4 is 10.2 Å². The number of hydrogen-bond donors (Lipinski definition) is 2. The van der Waals surface area contributed by atoms with Crippen LogP contribution in [-0.2, 0) is 17.8 Å². The molecule has 2 aromatic carbocycles. The smallest absolute Gasteiger partial charge is 0.275 e. The molecule has 0 fully saturated rings.